The van der Waals surface area contributed by atoms with Crippen LogP contribution in [0.4, 0.5) is 17.1 Å². The van der Waals surface area contributed by atoms with E-state index in [0.29, 0.717) is 0 Å². The first-order valence-electron chi connectivity index (χ1n) is 15.8. The lowest BCUT2D eigenvalue weighted by atomic mass is 9.97. The molecular weight excluding hydrogens is 556 g/mol. The number of fused-ring (bicyclic) bond motifs is 5. The van der Waals surface area contributed by atoms with Crippen LogP contribution < -0.4 is 4.90 Å². The summed E-state index contributed by atoms with van der Waals surface area (Å²) < 4.78 is 2.41. The summed E-state index contributed by atoms with van der Waals surface area (Å²) in [5, 5.41) is 7.42. The molecule has 0 saturated carbocycles. The second-order valence-electron chi connectivity index (χ2n) is 11.8. The van der Waals surface area contributed by atoms with E-state index in [9.17, 15) is 0 Å². The van der Waals surface area contributed by atoms with Gasteiger partial charge in [0.05, 0.1) is 16.7 Å². The molecule has 9 aromatic rings. The summed E-state index contributed by atoms with van der Waals surface area (Å²) in [6, 6.07) is 65.7. The maximum atomic E-state index is 2.41. The molecule has 0 aliphatic carbocycles. The van der Waals surface area contributed by atoms with Gasteiger partial charge in [0.25, 0.3) is 0 Å². The van der Waals surface area contributed by atoms with Crippen molar-refractivity contribution in [3.8, 4) is 16.8 Å². The van der Waals surface area contributed by atoms with Crippen LogP contribution in [0.1, 0.15) is 0 Å². The van der Waals surface area contributed by atoms with E-state index in [1.807, 2.05) is 0 Å². The van der Waals surface area contributed by atoms with Gasteiger partial charge in [-0.25, -0.2) is 0 Å². The van der Waals surface area contributed by atoms with Crippen molar-refractivity contribution in [2.75, 3.05) is 4.90 Å². The maximum Gasteiger partial charge on any atom is 0.0547 e. The zero-order chi connectivity index (χ0) is 30.5. The minimum Gasteiger partial charge on any atom is -0.310 e. The molecule has 0 atom stereocenters. The summed E-state index contributed by atoms with van der Waals surface area (Å²) in [7, 11) is 0. The predicted molar refractivity (Wildman–Crippen MR) is 196 cm³/mol. The van der Waals surface area contributed by atoms with Crippen molar-refractivity contribution in [3.05, 3.63) is 182 Å². The Morgan fingerprint density at radius 1 is 0.391 bits per heavy atom. The van der Waals surface area contributed by atoms with Crippen molar-refractivity contribution in [3.63, 3.8) is 0 Å². The Labute approximate surface area is 268 Å². The number of aromatic nitrogens is 1. The predicted octanol–water partition coefficient (Wildman–Crippen LogP) is 12.2. The number of nitrogens with zero attached hydrogens (tertiary/aromatic N) is 2. The molecule has 2 heteroatoms. The van der Waals surface area contributed by atoms with Gasteiger partial charge in [0.15, 0.2) is 0 Å². The van der Waals surface area contributed by atoms with Gasteiger partial charge >= 0.3 is 0 Å². The highest BCUT2D eigenvalue weighted by molar-refractivity contribution is 6.17. The number of hydrogen-bond donors (Lipinski definition) is 0. The minimum absolute atomic E-state index is 1.12. The molecule has 0 aliphatic rings. The van der Waals surface area contributed by atoms with Gasteiger partial charge in [-0.15, -0.1) is 0 Å². The van der Waals surface area contributed by atoms with Crippen LogP contribution in [-0.2, 0) is 0 Å². The number of hydrogen-bond acceptors (Lipinski definition) is 1. The Hall–Kier alpha value is -6.12. The molecule has 9 rings (SSSR count). The van der Waals surface area contributed by atoms with E-state index in [1.165, 1.54) is 54.5 Å². The van der Waals surface area contributed by atoms with Crippen LogP contribution in [0, 0.1) is 0 Å². The summed E-state index contributed by atoms with van der Waals surface area (Å²) in [4.78, 5) is 2.39. The Balaban J connectivity index is 1.36. The van der Waals surface area contributed by atoms with Crippen molar-refractivity contribution in [2.45, 2.75) is 0 Å². The molecular formula is C44H30N2. The molecule has 1 heterocycles. The van der Waals surface area contributed by atoms with Crippen LogP contribution >= 0.6 is 0 Å². The molecule has 216 valence electrons. The fourth-order valence-corrected chi connectivity index (χ4v) is 7.06. The van der Waals surface area contributed by atoms with E-state index < -0.39 is 0 Å². The molecule has 0 bridgehead atoms. The van der Waals surface area contributed by atoms with Gasteiger partial charge in [-0.2, -0.15) is 0 Å². The first kappa shape index (κ1) is 26.3. The van der Waals surface area contributed by atoms with E-state index >= 15 is 0 Å². The quantitative estimate of drug-likeness (QED) is 0.195. The Kier molecular flexibility index (Phi) is 6.17. The zero-order valence-corrected chi connectivity index (χ0v) is 25.2. The molecule has 0 aliphatic heterocycles. The summed E-state index contributed by atoms with van der Waals surface area (Å²) in [5.41, 5.74) is 9.39. The van der Waals surface area contributed by atoms with E-state index in [0.717, 1.165) is 22.7 Å². The number of benzene rings is 8. The summed E-state index contributed by atoms with van der Waals surface area (Å²) >= 11 is 0. The summed E-state index contributed by atoms with van der Waals surface area (Å²) in [6.07, 6.45) is 0. The second kappa shape index (κ2) is 10.8. The largest absolute Gasteiger partial charge is 0.310 e. The molecule has 0 amide bonds. The van der Waals surface area contributed by atoms with Crippen LogP contribution in [-0.4, -0.2) is 4.57 Å². The van der Waals surface area contributed by atoms with Crippen LogP contribution in [0.3, 0.4) is 0 Å². The molecule has 46 heavy (non-hydrogen) atoms. The lowest BCUT2D eigenvalue weighted by Crippen LogP contribution is -2.10. The first-order valence-corrected chi connectivity index (χ1v) is 15.8. The van der Waals surface area contributed by atoms with Gasteiger partial charge in [-0.1, -0.05) is 121 Å². The van der Waals surface area contributed by atoms with Gasteiger partial charge in [0.1, 0.15) is 0 Å². The summed E-state index contributed by atoms with van der Waals surface area (Å²) in [6.45, 7) is 0. The fourth-order valence-electron chi connectivity index (χ4n) is 7.06. The minimum atomic E-state index is 1.12. The van der Waals surface area contributed by atoms with Gasteiger partial charge in [0, 0.05) is 33.2 Å². The average molecular weight is 587 g/mol. The third-order valence-electron chi connectivity index (χ3n) is 9.13. The SMILES string of the molecule is c1ccc(N(c2ccc3c(c2)c2c(-c4ccc5ccccc5c4)cccc2n3-c2ccccc2)c2cccc3ccccc23)cc1. The smallest absolute Gasteiger partial charge is 0.0547 e. The molecule has 0 spiro atoms. The molecule has 0 fully saturated rings. The van der Waals surface area contributed by atoms with E-state index in [-0.39, 0.29) is 0 Å². The van der Waals surface area contributed by atoms with Crippen LogP contribution in [0.15, 0.2) is 182 Å². The molecule has 0 radical (unpaired) electrons. The average Bonchev–Trinajstić information content (AvgIpc) is 3.46. The van der Waals surface area contributed by atoms with Crippen LogP contribution in [0.25, 0.3) is 60.2 Å². The Bertz CT molecular complexity index is 2520. The van der Waals surface area contributed by atoms with Crippen molar-refractivity contribution >= 4 is 60.4 Å². The fraction of sp³-hybridized carbons (Fsp3) is 0. The van der Waals surface area contributed by atoms with Crippen molar-refractivity contribution < 1.29 is 0 Å². The Morgan fingerprint density at radius 3 is 1.93 bits per heavy atom. The number of para-hydroxylation sites is 2. The van der Waals surface area contributed by atoms with Crippen molar-refractivity contribution in [2.24, 2.45) is 0 Å². The maximum absolute atomic E-state index is 2.41. The second-order valence-corrected chi connectivity index (χ2v) is 11.8. The van der Waals surface area contributed by atoms with Gasteiger partial charge in [0.2, 0.25) is 0 Å². The highest BCUT2D eigenvalue weighted by Crippen LogP contribution is 2.44. The van der Waals surface area contributed by atoms with Crippen LogP contribution in [0.5, 0.6) is 0 Å². The lowest BCUT2D eigenvalue weighted by molar-refractivity contribution is 1.18. The van der Waals surface area contributed by atoms with Gasteiger partial charge in [-0.05, 0) is 87.9 Å². The van der Waals surface area contributed by atoms with Gasteiger partial charge in [-0.3, -0.25) is 0 Å². The molecule has 2 nitrogen and oxygen atoms in total. The highest BCUT2D eigenvalue weighted by atomic mass is 15.1. The topological polar surface area (TPSA) is 8.17 Å². The van der Waals surface area contributed by atoms with Crippen molar-refractivity contribution in [1.82, 2.24) is 4.57 Å². The lowest BCUT2D eigenvalue weighted by Gasteiger charge is -2.27. The standard InChI is InChI=1S/C44H30N2/c1-3-17-35(18-4-1)45(41-23-11-16-32-14-9-10-21-38(32)41)37-27-28-42-40(30-37)44-39(34-26-25-31-13-7-8-15-33(31)29-34)22-12-24-43(44)46(42)36-19-5-2-6-20-36/h1-30H. The van der Waals surface area contributed by atoms with Crippen LogP contribution in [0.2, 0.25) is 0 Å². The van der Waals surface area contributed by atoms with E-state index in [1.54, 1.807) is 0 Å². The van der Waals surface area contributed by atoms with Gasteiger partial charge < -0.3 is 9.47 Å². The van der Waals surface area contributed by atoms with E-state index in [4.69, 9.17) is 0 Å². The van der Waals surface area contributed by atoms with E-state index in [2.05, 4.69) is 191 Å². The third-order valence-corrected chi connectivity index (χ3v) is 9.13. The highest BCUT2D eigenvalue weighted by Gasteiger charge is 2.20. The first-order chi connectivity index (χ1) is 22.8. The third kappa shape index (κ3) is 4.27. The Morgan fingerprint density at radius 2 is 1.09 bits per heavy atom. The molecule has 0 unspecified atom stereocenters. The normalized spacial score (nSPS) is 11.5. The summed E-state index contributed by atoms with van der Waals surface area (Å²) in [5.74, 6) is 0. The number of rotatable bonds is 5. The van der Waals surface area contributed by atoms with Crippen molar-refractivity contribution in [1.29, 1.82) is 0 Å². The molecule has 0 saturated heterocycles. The molecule has 8 aromatic carbocycles. The zero-order valence-electron chi connectivity index (χ0n) is 25.2. The molecule has 0 N–H and O–H groups in total. The molecule has 1 aromatic heterocycles. The monoisotopic (exact) mass is 586 g/mol. The number of anilines is 3.